The van der Waals surface area contributed by atoms with Crippen LogP contribution in [0.4, 0.5) is 0 Å². The molecule has 4 nitrogen and oxygen atoms in total. The number of nitrogens with zero attached hydrogens (tertiary/aromatic N) is 1. The molecule has 0 aliphatic rings. The molecule has 25 heavy (non-hydrogen) atoms. The zero-order valence-corrected chi connectivity index (χ0v) is 14.9. The molecule has 3 aromatic rings. The number of fused-ring (bicyclic) bond motifs is 1. The van der Waals surface area contributed by atoms with Gasteiger partial charge in [0.2, 0.25) is 5.91 Å². The van der Waals surface area contributed by atoms with Crippen LogP contribution in [0.2, 0.25) is 0 Å². The Balaban J connectivity index is 1.64. The Morgan fingerprint density at radius 3 is 2.76 bits per heavy atom. The van der Waals surface area contributed by atoms with E-state index < -0.39 is 0 Å². The molecule has 0 spiro atoms. The van der Waals surface area contributed by atoms with Gasteiger partial charge in [0.15, 0.2) is 0 Å². The lowest BCUT2D eigenvalue weighted by molar-refractivity contribution is -0.129. The first-order chi connectivity index (χ1) is 12.1. The molecule has 0 radical (unpaired) electrons. The van der Waals surface area contributed by atoms with E-state index in [0.717, 1.165) is 39.8 Å². The summed E-state index contributed by atoms with van der Waals surface area (Å²) in [6, 6.07) is 14.0. The Bertz CT molecular complexity index is 882. The number of hydrogen-bond donors (Lipinski definition) is 0. The van der Waals surface area contributed by atoms with Crippen molar-refractivity contribution in [1.29, 1.82) is 0 Å². The van der Waals surface area contributed by atoms with E-state index in [2.05, 4.69) is 0 Å². The molecule has 0 N–H and O–H groups in total. The van der Waals surface area contributed by atoms with E-state index in [1.807, 2.05) is 56.4 Å². The molecule has 0 unspecified atom stereocenters. The predicted molar refractivity (Wildman–Crippen MR) is 99.0 cm³/mol. The highest BCUT2D eigenvalue weighted by molar-refractivity contribution is 5.87. The van der Waals surface area contributed by atoms with Crippen molar-refractivity contribution in [1.82, 2.24) is 4.90 Å². The number of aryl methyl sites for hydroxylation is 1. The first kappa shape index (κ1) is 17.1. The van der Waals surface area contributed by atoms with Crippen LogP contribution in [0, 0.1) is 6.92 Å². The van der Waals surface area contributed by atoms with Gasteiger partial charge in [-0.05, 0) is 36.6 Å². The number of ether oxygens (including phenoxy) is 1. The van der Waals surface area contributed by atoms with Gasteiger partial charge >= 0.3 is 0 Å². The Kier molecular flexibility index (Phi) is 5.08. The fourth-order valence-electron chi connectivity index (χ4n) is 2.95. The fraction of sp³-hybridized carbons (Fsp3) is 0.286. The summed E-state index contributed by atoms with van der Waals surface area (Å²) in [4.78, 5) is 14.3. The number of methoxy groups -OCH3 is 1. The third kappa shape index (κ3) is 3.85. The standard InChI is InChI=1S/C21H23NO3/c1-15-8-9-18-17(14-25-20(18)12-15)13-21(23)22(2)11-10-16-6-4-5-7-19(16)24-3/h4-9,12,14H,10-11,13H2,1-3H3. The van der Waals surface area contributed by atoms with Gasteiger partial charge in [0.1, 0.15) is 11.3 Å². The van der Waals surface area contributed by atoms with E-state index in [1.165, 1.54) is 0 Å². The molecule has 0 bridgehead atoms. The third-order valence-corrected chi connectivity index (χ3v) is 4.49. The summed E-state index contributed by atoms with van der Waals surface area (Å²) in [6.07, 6.45) is 2.80. The third-order valence-electron chi connectivity index (χ3n) is 4.49. The number of furan rings is 1. The molecule has 0 saturated heterocycles. The second kappa shape index (κ2) is 7.43. The summed E-state index contributed by atoms with van der Waals surface area (Å²) in [5.41, 5.74) is 4.02. The number of likely N-dealkylation sites (N-methyl/N-ethyl adjacent to an activating group) is 1. The monoisotopic (exact) mass is 337 g/mol. The van der Waals surface area contributed by atoms with Crippen LogP contribution in [-0.2, 0) is 17.6 Å². The van der Waals surface area contributed by atoms with E-state index in [-0.39, 0.29) is 5.91 Å². The van der Waals surface area contributed by atoms with E-state index >= 15 is 0 Å². The smallest absolute Gasteiger partial charge is 0.226 e. The topological polar surface area (TPSA) is 42.7 Å². The molecule has 0 aliphatic heterocycles. The number of hydrogen-bond acceptors (Lipinski definition) is 3. The molecule has 1 heterocycles. The average molecular weight is 337 g/mol. The molecular formula is C21H23NO3. The normalized spacial score (nSPS) is 10.8. The number of rotatable bonds is 6. The Morgan fingerprint density at radius 2 is 1.96 bits per heavy atom. The Labute approximate surface area is 148 Å². The number of amides is 1. The van der Waals surface area contributed by atoms with Crippen LogP contribution in [-0.4, -0.2) is 31.5 Å². The highest BCUT2D eigenvalue weighted by Gasteiger charge is 2.14. The first-order valence-electron chi connectivity index (χ1n) is 8.41. The van der Waals surface area contributed by atoms with Crippen LogP contribution < -0.4 is 4.74 Å². The van der Waals surface area contributed by atoms with Gasteiger partial charge in [0, 0.05) is 24.5 Å². The average Bonchev–Trinajstić information content (AvgIpc) is 3.01. The zero-order chi connectivity index (χ0) is 17.8. The second-order valence-electron chi connectivity index (χ2n) is 6.31. The Morgan fingerprint density at radius 1 is 1.16 bits per heavy atom. The lowest BCUT2D eigenvalue weighted by atomic mass is 10.1. The minimum absolute atomic E-state index is 0.0816. The van der Waals surface area contributed by atoms with Crippen molar-refractivity contribution in [2.24, 2.45) is 0 Å². The molecule has 0 fully saturated rings. The molecule has 0 saturated carbocycles. The van der Waals surface area contributed by atoms with Crippen molar-refractivity contribution in [2.45, 2.75) is 19.8 Å². The second-order valence-corrected chi connectivity index (χ2v) is 6.31. The fourth-order valence-corrected chi connectivity index (χ4v) is 2.95. The summed E-state index contributed by atoms with van der Waals surface area (Å²) < 4.78 is 10.9. The highest BCUT2D eigenvalue weighted by atomic mass is 16.5. The number of para-hydroxylation sites is 1. The minimum atomic E-state index is 0.0816. The van der Waals surface area contributed by atoms with Crippen molar-refractivity contribution in [2.75, 3.05) is 20.7 Å². The predicted octanol–water partition coefficient (Wildman–Crippen LogP) is 3.99. The van der Waals surface area contributed by atoms with Gasteiger partial charge in [-0.2, -0.15) is 0 Å². The minimum Gasteiger partial charge on any atom is -0.496 e. The molecule has 4 heteroatoms. The van der Waals surface area contributed by atoms with E-state index in [1.54, 1.807) is 18.3 Å². The quantitative estimate of drug-likeness (QED) is 0.683. The number of carbonyl (C=O) groups excluding carboxylic acids is 1. The maximum atomic E-state index is 12.5. The molecule has 1 aromatic heterocycles. The number of carbonyl (C=O) groups is 1. The highest BCUT2D eigenvalue weighted by Crippen LogP contribution is 2.23. The van der Waals surface area contributed by atoms with Gasteiger partial charge in [-0.25, -0.2) is 0 Å². The molecule has 2 aromatic carbocycles. The largest absolute Gasteiger partial charge is 0.496 e. The zero-order valence-electron chi connectivity index (χ0n) is 14.9. The van der Waals surface area contributed by atoms with Gasteiger partial charge in [0.25, 0.3) is 0 Å². The molecule has 0 aliphatic carbocycles. The lowest BCUT2D eigenvalue weighted by Crippen LogP contribution is -2.30. The maximum Gasteiger partial charge on any atom is 0.226 e. The van der Waals surface area contributed by atoms with Crippen LogP contribution in [0.15, 0.2) is 53.1 Å². The van der Waals surface area contributed by atoms with Gasteiger partial charge in [-0.3, -0.25) is 4.79 Å². The van der Waals surface area contributed by atoms with Crippen molar-refractivity contribution < 1.29 is 13.9 Å². The SMILES string of the molecule is COc1ccccc1CCN(C)C(=O)Cc1coc2cc(C)ccc12. The molecule has 3 rings (SSSR count). The Hall–Kier alpha value is -2.75. The first-order valence-corrected chi connectivity index (χ1v) is 8.41. The summed E-state index contributed by atoms with van der Waals surface area (Å²) in [5, 5.41) is 1.01. The molecule has 1 amide bonds. The van der Waals surface area contributed by atoms with Crippen LogP contribution in [0.25, 0.3) is 11.0 Å². The van der Waals surface area contributed by atoms with E-state index in [0.29, 0.717) is 13.0 Å². The van der Waals surface area contributed by atoms with Gasteiger partial charge in [0.05, 0.1) is 19.8 Å². The van der Waals surface area contributed by atoms with Crippen LogP contribution in [0.5, 0.6) is 5.75 Å². The number of benzene rings is 2. The summed E-state index contributed by atoms with van der Waals surface area (Å²) in [5.74, 6) is 0.942. The van der Waals surface area contributed by atoms with Gasteiger partial charge in [-0.1, -0.05) is 30.3 Å². The van der Waals surface area contributed by atoms with Crippen LogP contribution >= 0.6 is 0 Å². The van der Waals surface area contributed by atoms with Crippen molar-refractivity contribution in [3.63, 3.8) is 0 Å². The lowest BCUT2D eigenvalue weighted by Gasteiger charge is -2.18. The maximum absolute atomic E-state index is 12.5. The molecule has 130 valence electrons. The molecule has 0 atom stereocenters. The van der Waals surface area contributed by atoms with Crippen LogP contribution in [0.3, 0.4) is 0 Å². The summed E-state index contributed by atoms with van der Waals surface area (Å²) in [6.45, 7) is 2.67. The van der Waals surface area contributed by atoms with Crippen LogP contribution in [0.1, 0.15) is 16.7 Å². The molecular weight excluding hydrogens is 314 g/mol. The van der Waals surface area contributed by atoms with Crippen molar-refractivity contribution >= 4 is 16.9 Å². The van der Waals surface area contributed by atoms with Gasteiger partial charge < -0.3 is 14.1 Å². The van der Waals surface area contributed by atoms with Crippen molar-refractivity contribution in [3.05, 3.63) is 65.4 Å². The summed E-state index contributed by atoms with van der Waals surface area (Å²) in [7, 11) is 3.50. The van der Waals surface area contributed by atoms with E-state index in [4.69, 9.17) is 9.15 Å². The van der Waals surface area contributed by atoms with Crippen molar-refractivity contribution in [3.8, 4) is 5.75 Å². The summed E-state index contributed by atoms with van der Waals surface area (Å²) >= 11 is 0. The van der Waals surface area contributed by atoms with E-state index in [9.17, 15) is 4.79 Å². The van der Waals surface area contributed by atoms with Gasteiger partial charge in [-0.15, -0.1) is 0 Å².